The first-order valence-corrected chi connectivity index (χ1v) is 13.2. The number of carbonyl (C=O) groups is 1. The Morgan fingerprint density at radius 1 is 0.854 bits per heavy atom. The van der Waals surface area contributed by atoms with Gasteiger partial charge in [0.2, 0.25) is 12.7 Å². The molecule has 0 spiro atoms. The lowest BCUT2D eigenvalue weighted by molar-refractivity contribution is 0.00916. The highest BCUT2D eigenvalue weighted by Crippen LogP contribution is 2.36. The largest absolute Gasteiger partial charge is 0.457 e. The molecule has 4 heterocycles. The summed E-state index contributed by atoms with van der Waals surface area (Å²) in [5.74, 6) is 3.23. The van der Waals surface area contributed by atoms with Crippen LogP contribution in [0, 0.1) is 0 Å². The second-order valence-corrected chi connectivity index (χ2v) is 9.69. The Balaban J connectivity index is 0.933. The van der Waals surface area contributed by atoms with Crippen LogP contribution in [0.5, 0.6) is 23.0 Å². The fourth-order valence-electron chi connectivity index (χ4n) is 5.02. The Labute approximate surface area is 235 Å². The number of ether oxygens (including phenoxy) is 6. The number of carbonyl (C=O) groups excluding carboxylic acids is 1. The molecule has 4 unspecified atom stereocenters. The Bertz CT molecular complexity index is 1540. The Kier molecular flexibility index (Phi) is 6.71. The summed E-state index contributed by atoms with van der Waals surface area (Å²) < 4.78 is 34.3. The first kappa shape index (κ1) is 25.1. The zero-order valence-corrected chi connectivity index (χ0v) is 21.8. The highest BCUT2D eigenvalue weighted by Gasteiger charge is 2.49. The van der Waals surface area contributed by atoms with Crippen molar-refractivity contribution < 1.29 is 33.2 Å². The molecule has 208 valence electrons. The number of anilines is 2. The van der Waals surface area contributed by atoms with E-state index >= 15 is 0 Å². The molecule has 2 N–H and O–H groups in total. The van der Waals surface area contributed by atoms with Crippen molar-refractivity contribution in [2.75, 3.05) is 30.6 Å². The summed E-state index contributed by atoms with van der Waals surface area (Å²) in [5, 5.41) is 6.06. The number of para-hydroxylation sites is 1. The van der Waals surface area contributed by atoms with Gasteiger partial charge in [0.25, 0.3) is 0 Å². The van der Waals surface area contributed by atoms with E-state index in [1.54, 1.807) is 30.5 Å². The van der Waals surface area contributed by atoms with Crippen molar-refractivity contribution in [1.82, 2.24) is 9.97 Å². The van der Waals surface area contributed by atoms with Crippen molar-refractivity contribution in [1.29, 1.82) is 0 Å². The van der Waals surface area contributed by atoms with Gasteiger partial charge >= 0.3 is 6.09 Å². The van der Waals surface area contributed by atoms with Crippen molar-refractivity contribution in [3.63, 3.8) is 0 Å². The predicted octanol–water partition coefficient (Wildman–Crippen LogP) is 4.86. The molecule has 4 aromatic rings. The summed E-state index contributed by atoms with van der Waals surface area (Å²) in [7, 11) is 0. The lowest BCUT2D eigenvalue weighted by Crippen LogP contribution is -2.38. The molecular weight excluding hydrogens is 528 g/mol. The molecule has 7 rings (SSSR count). The topological polar surface area (TPSA) is 122 Å². The van der Waals surface area contributed by atoms with Crippen LogP contribution in [-0.2, 0) is 14.2 Å². The minimum atomic E-state index is -0.587. The number of nitrogens with one attached hydrogen (secondary N) is 2. The van der Waals surface area contributed by atoms with E-state index in [4.69, 9.17) is 28.4 Å². The fourth-order valence-corrected chi connectivity index (χ4v) is 5.02. The van der Waals surface area contributed by atoms with Crippen LogP contribution < -0.4 is 24.8 Å². The highest BCUT2D eigenvalue weighted by atomic mass is 16.7. The molecule has 0 bridgehead atoms. The van der Waals surface area contributed by atoms with E-state index < -0.39 is 18.3 Å². The molecule has 1 aromatic heterocycles. The van der Waals surface area contributed by atoms with Crippen molar-refractivity contribution in [3.05, 3.63) is 85.1 Å². The van der Waals surface area contributed by atoms with E-state index in [2.05, 4.69) is 20.6 Å². The van der Waals surface area contributed by atoms with Gasteiger partial charge in [-0.15, -0.1) is 0 Å². The second kappa shape index (κ2) is 11.0. The average molecular weight is 555 g/mol. The van der Waals surface area contributed by atoms with Crippen molar-refractivity contribution >= 4 is 17.7 Å². The van der Waals surface area contributed by atoms with Gasteiger partial charge in [0.1, 0.15) is 23.7 Å². The molecule has 11 heteroatoms. The van der Waals surface area contributed by atoms with Gasteiger partial charge in [-0.2, -0.15) is 0 Å². The van der Waals surface area contributed by atoms with Gasteiger partial charge < -0.3 is 33.7 Å². The SMILES string of the molecule is O=C(Nc1ccc(Oc2ccccc2)cc1)OC1COC2C(Nc3nccc(-c4ccc5c(c4)OCO5)n3)COC12. The molecule has 0 aliphatic carbocycles. The van der Waals surface area contributed by atoms with Crippen LogP contribution in [0.15, 0.2) is 85.1 Å². The van der Waals surface area contributed by atoms with Gasteiger partial charge in [-0.3, -0.25) is 5.32 Å². The molecule has 41 heavy (non-hydrogen) atoms. The molecule has 0 radical (unpaired) electrons. The van der Waals surface area contributed by atoms with E-state index in [-0.39, 0.29) is 25.5 Å². The average Bonchev–Trinajstić information content (AvgIpc) is 3.73. The van der Waals surface area contributed by atoms with Crippen LogP contribution >= 0.6 is 0 Å². The number of rotatable bonds is 7. The first-order chi connectivity index (χ1) is 20.2. The van der Waals surface area contributed by atoms with E-state index in [1.165, 1.54) is 0 Å². The van der Waals surface area contributed by atoms with Gasteiger partial charge in [0.05, 0.1) is 24.9 Å². The minimum Gasteiger partial charge on any atom is -0.457 e. The smallest absolute Gasteiger partial charge is 0.412 e. The molecule has 0 saturated carbocycles. The van der Waals surface area contributed by atoms with Gasteiger partial charge in [-0.05, 0) is 60.7 Å². The van der Waals surface area contributed by atoms with E-state index in [0.717, 1.165) is 17.0 Å². The predicted molar refractivity (Wildman–Crippen MR) is 147 cm³/mol. The number of hydrogen-bond donors (Lipinski definition) is 2. The molecule has 4 atom stereocenters. The van der Waals surface area contributed by atoms with E-state index in [9.17, 15) is 4.79 Å². The summed E-state index contributed by atoms with van der Waals surface area (Å²) in [6.45, 7) is 0.796. The van der Waals surface area contributed by atoms with Gasteiger partial charge in [0, 0.05) is 17.4 Å². The van der Waals surface area contributed by atoms with Crippen LogP contribution in [0.1, 0.15) is 0 Å². The van der Waals surface area contributed by atoms with E-state index in [0.29, 0.717) is 35.5 Å². The third-order valence-electron chi connectivity index (χ3n) is 6.98. The maximum atomic E-state index is 12.6. The number of amides is 1. The van der Waals surface area contributed by atoms with Gasteiger partial charge in [-0.25, -0.2) is 14.8 Å². The first-order valence-electron chi connectivity index (χ1n) is 13.2. The normalized spacial score (nSPS) is 22.1. The highest BCUT2D eigenvalue weighted by molar-refractivity contribution is 5.84. The number of aromatic nitrogens is 2. The Morgan fingerprint density at radius 2 is 1.66 bits per heavy atom. The fraction of sp³-hybridized carbons (Fsp3) is 0.233. The lowest BCUT2D eigenvalue weighted by Gasteiger charge is -2.18. The summed E-state index contributed by atoms with van der Waals surface area (Å²) in [6.07, 6.45) is -0.171. The number of benzene rings is 3. The lowest BCUT2D eigenvalue weighted by atomic mass is 10.1. The number of nitrogens with zero attached hydrogens (tertiary/aromatic N) is 2. The summed E-state index contributed by atoms with van der Waals surface area (Å²) in [5.41, 5.74) is 2.20. The zero-order chi connectivity index (χ0) is 27.6. The summed E-state index contributed by atoms with van der Waals surface area (Å²) >= 11 is 0. The molecule has 2 saturated heterocycles. The molecule has 11 nitrogen and oxygen atoms in total. The molecule has 3 aliphatic rings. The molecule has 3 aliphatic heterocycles. The molecular formula is C30H26N4O7. The van der Waals surface area contributed by atoms with Crippen molar-refractivity contribution in [2.45, 2.75) is 24.4 Å². The maximum Gasteiger partial charge on any atom is 0.412 e. The molecule has 1 amide bonds. The van der Waals surface area contributed by atoms with Crippen LogP contribution in [0.2, 0.25) is 0 Å². The monoisotopic (exact) mass is 554 g/mol. The summed E-state index contributed by atoms with van der Waals surface area (Å²) in [6, 6.07) is 23.8. The second-order valence-electron chi connectivity index (χ2n) is 9.69. The zero-order valence-electron chi connectivity index (χ0n) is 21.8. The van der Waals surface area contributed by atoms with Crippen LogP contribution in [0.3, 0.4) is 0 Å². The van der Waals surface area contributed by atoms with Crippen LogP contribution in [0.4, 0.5) is 16.4 Å². The standard InChI is InChI=1S/C30H26N4O7/c35-30(32-19-7-9-21(10-8-19)40-20-4-2-1-3-5-20)41-26-16-37-27-23(15-36-28(26)27)34-29-31-13-12-22(33-29)18-6-11-24-25(14-18)39-17-38-24/h1-14,23,26-28H,15-17H2,(H,32,35)(H,31,33,34). The van der Waals surface area contributed by atoms with Crippen molar-refractivity contribution in [2.24, 2.45) is 0 Å². The maximum absolute atomic E-state index is 12.6. The van der Waals surface area contributed by atoms with Gasteiger partial charge in [-0.1, -0.05) is 18.2 Å². The van der Waals surface area contributed by atoms with Crippen LogP contribution in [0.25, 0.3) is 11.3 Å². The quantitative estimate of drug-likeness (QED) is 0.327. The molecule has 3 aromatic carbocycles. The van der Waals surface area contributed by atoms with E-state index in [1.807, 2.05) is 54.6 Å². The number of hydrogen-bond acceptors (Lipinski definition) is 10. The van der Waals surface area contributed by atoms with Crippen LogP contribution in [-0.4, -0.2) is 60.4 Å². The number of fused-ring (bicyclic) bond motifs is 2. The van der Waals surface area contributed by atoms with Crippen molar-refractivity contribution in [3.8, 4) is 34.3 Å². The molecule has 2 fully saturated rings. The van der Waals surface area contributed by atoms with Gasteiger partial charge in [0.15, 0.2) is 17.6 Å². The third kappa shape index (κ3) is 5.45. The summed E-state index contributed by atoms with van der Waals surface area (Å²) in [4.78, 5) is 21.6. The minimum absolute atomic E-state index is 0.208. The third-order valence-corrected chi connectivity index (χ3v) is 6.98. The Hall–Kier alpha value is -4.87. The Morgan fingerprint density at radius 3 is 2.54 bits per heavy atom.